The Kier molecular flexibility index (Phi) is 4.54. The molecule has 16 heavy (non-hydrogen) atoms. The van der Waals surface area contributed by atoms with E-state index in [1.807, 2.05) is 13.8 Å². The van der Waals surface area contributed by atoms with Crippen LogP contribution >= 0.6 is 0 Å². The standard InChI is InChI=1S/C8H13N3.H2O4S/c1-4-6(9)3-7(10)5(2)8(4)11;1-5(2,3)4/h3H,9-11H2,1-2H3;(H2,1,2,3,4)/p-2. The van der Waals surface area contributed by atoms with Crippen molar-refractivity contribution < 1.29 is 17.5 Å². The van der Waals surface area contributed by atoms with Crippen molar-refractivity contribution in [3.8, 4) is 0 Å². The van der Waals surface area contributed by atoms with Crippen LogP contribution in [0.4, 0.5) is 17.1 Å². The van der Waals surface area contributed by atoms with Crippen LogP contribution in [0, 0.1) is 13.8 Å². The monoisotopic (exact) mass is 247 g/mol. The molecule has 0 aliphatic carbocycles. The number of nitrogens with two attached hydrogens (primary N) is 3. The molecule has 1 aromatic carbocycles. The molecule has 0 aliphatic heterocycles. The van der Waals surface area contributed by atoms with Gasteiger partial charge in [0.2, 0.25) is 0 Å². The lowest BCUT2D eigenvalue weighted by molar-refractivity contribution is 0.352. The summed E-state index contributed by atoms with van der Waals surface area (Å²) in [5.41, 5.74) is 20.8. The van der Waals surface area contributed by atoms with Crippen LogP contribution in [0.5, 0.6) is 0 Å². The van der Waals surface area contributed by atoms with E-state index < -0.39 is 10.4 Å². The predicted octanol–water partition coefficient (Wildman–Crippen LogP) is -0.288. The fourth-order valence-electron chi connectivity index (χ4n) is 0.976. The quantitative estimate of drug-likeness (QED) is 0.322. The van der Waals surface area contributed by atoms with Gasteiger partial charge in [-0.05, 0) is 31.0 Å². The van der Waals surface area contributed by atoms with E-state index in [0.717, 1.165) is 11.1 Å². The minimum Gasteiger partial charge on any atom is -0.759 e. The molecular weight excluding hydrogens is 234 g/mol. The van der Waals surface area contributed by atoms with Crippen molar-refractivity contribution in [3.05, 3.63) is 17.2 Å². The van der Waals surface area contributed by atoms with Crippen molar-refractivity contribution in [2.24, 2.45) is 0 Å². The van der Waals surface area contributed by atoms with Crippen molar-refractivity contribution >= 4 is 27.5 Å². The average Bonchev–Trinajstić information content (AvgIpc) is 2.09. The maximum atomic E-state index is 8.52. The summed E-state index contributed by atoms with van der Waals surface area (Å²) in [5.74, 6) is 0. The summed E-state index contributed by atoms with van der Waals surface area (Å²) in [4.78, 5) is 0. The Labute approximate surface area is 93.8 Å². The second kappa shape index (κ2) is 5.01. The molecule has 0 spiro atoms. The van der Waals surface area contributed by atoms with E-state index in [-0.39, 0.29) is 0 Å². The Balaban J connectivity index is 0.000000385. The van der Waals surface area contributed by atoms with E-state index in [1.54, 1.807) is 6.07 Å². The van der Waals surface area contributed by atoms with Gasteiger partial charge in [0, 0.05) is 27.5 Å². The van der Waals surface area contributed by atoms with Crippen LogP contribution in [-0.2, 0) is 10.4 Å². The summed E-state index contributed by atoms with van der Waals surface area (Å²) >= 11 is 0. The largest absolute Gasteiger partial charge is 0.759 e. The summed E-state index contributed by atoms with van der Waals surface area (Å²) in [5, 5.41) is 0. The first-order valence-electron chi connectivity index (χ1n) is 4.11. The number of rotatable bonds is 0. The van der Waals surface area contributed by atoms with Crippen molar-refractivity contribution in [2.45, 2.75) is 13.8 Å². The molecule has 0 atom stereocenters. The van der Waals surface area contributed by atoms with Crippen LogP contribution < -0.4 is 17.2 Å². The molecule has 0 fully saturated rings. The zero-order valence-electron chi connectivity index (χ0n) is 8.85. The van der Waals surface area contributed by atoms with Gasteiger partial charge in [-0.3, -0.25) is 8.42 Å². The van der Waals surface area contributed by atoms with Crippen LogP contribution in [0.3, 0.4) is 0 Å². The Hall–Kier alpha value is -1.51. The summed E-state index contributed by atoms with van der Waals surface area (Å²) in [6, 6.07) is 1.74. The Bertz CT molecular complexity index is 450. The highest BCUT2D eigenvalue weighted by Crippen LogP contribution is 2.27. The van der Waals surface area contributed by atoms with Crippen LogP contribution in [0.2, 0.25) is 0 Å². The fraction of sp³-hybridized carbons (Fsp3) is 0.250. The molecule has 0 aliphatic rings. The van der Waals surface area contributed by atoms with Crippen molar-refractivity contribution in [1.29, 1.82) is 0 Å². The van der Waals surface area contributed by atoms with Gasteiger partial charge in [0.1, 0.15) is 0 Å². The predicted molar refractivity (Wildman–Crippen MR) is 59.6 cm³/mol. The molecule has 0 aromatic heterocycles. The summed E-state index contributed by atoms with van der Waals surface area (Å²) in [6.45, 7) is 3.77. The normalized spacial score (nSPS) is 10.5. The highest BCUT2D eigenvalue weighted by molar-refractivity contribution is 7.79. The van der Waals surface area contributed by atoms with Gasteiger partial charge in [0.05, 0.1) is 0 Å². The number of hydrogen-bond donors (Lipinski definition) is 3. The SMILES string of the molecule is Cc1c(N)cc(N)c(C)c1N.O=S(=O)([O-])[O-]. The third-order valence-corrected chi connectivity index (χ3v) is 1.99. The maximum absolute atomic E-state index is 8.52. The molecule has 8 heteroatoms. The van der Waals surface area contributed by atoms with Gasteiger partial charge in [-0.25, -0.2) is 0 Å². The van der Waals surface area contributed by atoms with Crippen LogP contribution in [0.1, 0.15) is 11.1 Å². The third kappa shape index (κ3) is 4.82. The highest BCUT2D eigenvalue weighted by atomic mass is 32.3. The van der Waals surface area contributed by atoms with Crippen molar-refractivity contribution in [1.82, 2.24) is 0 Å². The van der Waals surface area contributed by atoms with Gasteiger partial charge in [-0.2, -0.15) is 0 Å². The Morgan fingerprint density at radius 1 is 1.00 bits per heavy atom. The fourth-order valence-corrected chi connectivity index (χ4v) is 0.976. The van der Waals surface area contributed by atoms with Gasteiger partial charge >= 0.3 is 0 Å². The molecule has 92 valence electrons. The molecule has 1 aromatic rings. The summed E-state index contributed by atoms with van der Waals surface area (Å²) < 4.78 is 34.1. The molecule has 0 saturated carbocycles. The number of anilines is 3. The highest BCUT2D eigenvalue weighted by Gasteiger charge is 2.04. The van der Waals surface area contributed by atoms with E-state index in [9.17, 15) is 0 Å². The van der Waals surface area contributed by atoms with Gasteiger partial charge in [0.15, 0.2) is 0 Å². The first-order valence-corrected chi connectivity index (χ1v) is 5.44. The minimum atomic E-state index is -5.17. The van der Waals surface area contributed by atoms with E-state index >= 15 is 0 Å². The van der Waals surface area contributed by atoms with Crippen molar-refractivity contribution in [2.75, 3.05) is 17.2 Å². The smallest absolute Gasteiger partial charge is 0.0414 e. The number of nitrogen functional groups attached to an aromatic ring is 3. The van der Waals surface area contributed by atoms with E-state index in [2.05, 4.69) is 0 Å². The third-order valence-electron chi connectivity index (χ3n) is 1.99. The molecule has 7 nitrogen and oxygen atoms in total. The molecule has 0 radical (unpaired) electrons. The van der Waals surface area contributed by atoms with Crippen molar-refractivity contribution in [3.63, 3.8) is 0 Å². The molecule has 0 saturated heterocycles. The molecule has 0 amide bonds. The zero-order valence-corrected chi connectivity index (χ0v) is 9.67. The lowest BCUT2D eigenvalue weighted by Gasteiger charge is -2.09. The first-order chi connectivity index (χ1) is 7.04. The van der Waals surface area contributed by atoms with Crippen LogP contribution in [-0.4, -0.2) is 17.5 Å². The topological polar surface area (TPSA) is 158 Å². The number of benzene rings is 1. The maximum Gasteiger partial charge on any atom is 0.0414 e. The number of hydrogen-bond acceptors (Lipinski definition) is 7. The lowest BCUT2D eigenvalue weighted by atomic mass is 10.1. The second-order valence-corrected chi connectivity index (χ2v) is 3.94. The summed E-state index contributed by atoms with van der Waals surface area (Å²) in [7, 11) is -5.17. The molecule has 6 N–H and O–H groups in total. The van der Waals surface area contributed by atoms with Gasteiger partial charge in [-0.15, -0.1) is 0 Å². The van der Waals surface area contributed by atoms with Crippen LogP contribution in [0.25, 0.3) is 0 Å². The molecule has 0 bridgehead atoms. The molecule has 0 unspecified atom stereocenters. The van der Waals surface area contributed by atoms with Gasteiger partial charge < -0.3 is 26.3 Å². The molecule has 1 rings (SSSR count). The zero-order chi connectivity index (χ0) is 13.1. The van der Waals surface area contributed by atoms with E-state index in [0.29, 0.717) is 17.1 Å². The van der Waals surface area contributed by atoms with E-state index in [4.69, 9.17) is 34.7 Å². The Morgan fingerprint density at radius 2 is 1.25 bits per heavy atom. The average molecular weight is 247 g/mol. The van der Waals surface area contributed by atoms with Gasteiger partial charge in [0.25, 0.3) is 0 Å². The minimum absolute atomic E-state index is 0.658. The first kappa shape index (κ1) is 14.5. The summed E-state index contributed by atoms with van der Waals surface area (Å²) in [6.07, 6.45) is 0. The lowest BCUT2D eigenvalue weighted by Crippen LogP contribution is -2.02. The van der Waals surface area contributed by atoms with E-state index in [1.165, 1.54) is 0 Å². The van der Waals surface area contributed by atoms with Gasteiger partial charge in [-0.1, -0.05) is 0 Å². The van der Waals surface area contributed by atoms with Crippen LogP contribution in [0.15, 0.2) is 6.07 Å². The second-order valence-electron chi connectivity index (χ2n) is 3.13. The molecule has 0 heterocycles. The Morgan fingerprint density at radius 3 is 1.50 bits per heavy atom. The molecular formula is C8H13N3O4S-2.